The van der Waals surface area contributed by atoms with Crippen LogP contribution in [0.2, 0.25) is 0 Å². The van der Waals surface area contributed by atoms with Gasteiger partial charge in [-0.15, -0.1) is 0 Å². The number of para-hydroxylation sites is 2. The molecule has 0 aliphatic carbocycles. The van der Waals surface area contributed by atoms with Crippen molar-refractivity contribution in [1.82, 2.24) is 0 Å². The second-order valence-corrected chi connectivity index (χ2v) is 4.87. The van der Waals surface area contributed by atoms with Crippen LogP contribution in [0.4, 0.5) is 11.4 Å². The van der Waals surface area contributed by atoms with E-state index >= 15 is 0 Å². The van der Waals surface area contributed by atoms with Crippen LogP contribution in [0, 0.1) is 0 Å². The maximum Gasteiger partial charge on any atom is 0.142 e. The summed E-state index contributed by atoms with van der Waals surface area (Å²) in [6.45, 7) is 1.90. The summed E-state index contributed by atoms with van der Waals surface area (Å²) in [6.07, 6.45) is 1.05. The molecule has 0 saturated carbocycles. The van der Waals surface area contributed by atoms with Crippen molar-refractivity contribution in [2.24, 2.45) is 0 Å². The molecule has 0 radical (unpaired) electrons. The summed E-state index contributed by atoms with van der Waals surface area (Å²) in [6, 6.07) is 14.4. The van der Waals surface area contributed by atoms with Crippen LogP contribution in [-0.2, 0) is 13.0 Å². The van der Waals surface area contributed by atoms with Gasteiger partial charge in [-0.3, -0.25) is 0 Å². The second kappa shape index (κ2) is 4.84. The molecule has 0 aromatic heterocycles. The highest BCUT2D eigenvalue weighted by molar-refractivity contribution is 5.60. The Hall–Kier alpha value is -2.16. The van der Waals surface area contributed by atoms with Crippen molar-refractivity contribution >= 4 is 11.4 Å². The smallest absolute Gasteiger partial charge is 0.142 e. The van der Waals surface area contributed by atoms with Crippen LogP contribution in [0.3, 0.4) is 0 Å². The fourth-order valence-corrected chi connectivity index (χ4v) is 2.67. The van der Waals surface area contributed by atoms with Crippen molar-refractivity contribution in [1.29, 1.82) is 0 Å². The van der Waals surface area contributed by atoms with Crippen LogP contribution in [0.15, 0.2) is 42.5 Å². The third kappa shape index (κ3) is 2.24. The first kappa shape index (κ1) is 11.9. The van der Waals surface area contributed by atoms with Crippen LogP contribution in [0.25, 0.3) is 0 Å². The predicted molar refractivity (Wildman–Crippen MR) is 78.6 cm³/mol. The molecule has 0 amide bonds. The molecule has 1 heterocycles. The molecule has 0 saturated heterocycles. The standard InChI is InChI=1S/C16H18N2O/c1-19-16-5-3-2-4-15(16)18-9-8-12-6-7-14(17)10-13(12)11-18/h2-7,10H,8-9,11,17H2,1H3. The monoisotopic (exact) mass is 254 g/mol. The molecule has 1 aliphatic heterocycles. The van der Waals surface area contributed by atoms with Crippen LogP contribution in [0.5, 0.6) is 5.75 Å². The predicted octanol–water partition coefficient (Wildman–Crippen LogP) is 2.84. The number of fused-ring (bicyclic) bond motifs is 1. The Morgan fingerprint density at radius 2 is 1.95 bits per heavy atom. The first-order valence-electron chi connectivity index (χ1n) is 6.53. The number of nitrogens with zero attached hydrogens (tertiary/aromatic N) is 1. The lowest BCUT2D eigenvalue weighted by Crippen LogP contribution is -2.30. The van der Waals surface area contributed by atoms with Gasteiger partial charge in [0.1, 0.15) is 5.75 Å². The molecule has 98 valence electrons. The maximum absolute atomic E-state index is 5.88. The quantitative estimate of drug-likeness (QED) is 0.837. The van der Waals surface area contributed by atoms with E-state index in [0.717, 1.165) is 36.6 Å². The van der Waals surface area contributed by atoms with Crippen molar-refractivity contribution in [2.75, 3.05) is 24.3 Å². The number of hydrogen-bond donors (Lipinski definition) is 1. The Bertz CT molecular complexity index is 595. The fraction of sp³-hybridized carbons (Fsp3) is 0.250. The molecule has 0 bridgehead atoms. The Morgan fingerprint density at radius 1 is 1.11 bits per heavy atom. The molecule has 3 rings (SSSR count). The SMILES string of the molecule is COc1ccccc1N1CCc2ccc(N)cc2C1. The van der Waals surface area contributed by atoms with E-state index in [-0.39, 0.29) is 0 Å². The first-order chi connectivity index (χ1) is 9.28. The molecule has 19 heavy (non-hydrogen) atoms. The molecule has 3 heteroatoms. The molecule has 2 aromatic carbocycles. The third-order valence-corrected chi connectivity index (χ3v) is 3.67. The average Bonchev–Trinajstić information content (AvgIpc) is 2.46. The van der Waals surface area contributed by atoms with Crippen molar-refractivity contribution < 1.29 is 4.74 Å². The van der Waals surface area contributed by atoms with Gasteiger partial charge in [0, 0.05) is 18.8 Å². The topological polar surface area (TPSA) is 38.5 Å². The van der Waals surface area contributed by atoms with Crippen molar-refractivity contribution in [3.8, 4) is 5.75 Å². The summed E-state index contributed by atoms with van der Waals surface area (Å²) >= 11 is 0. The van der Waals surface area contributed by atoms with E-state index in [2.05, 4.69) is 23.1 Å². The Morgan fingerprint density at radius 3 is 2.79 bits per heavy atom. The Kier molecular flexibility index (Phi) is 3.03. The fourth-order valence-electron chi connectivity index (χ4n) is 2.67. The molecule has 0 spiro atoms. The molecule has 0 fully saturated rings. The first-order valence-corrected chi connectivity index (χ1v) is 6.53. The van der Waals surface area contributed by atoms with Crippen molar-refractivity contribution in [2.45, 2.75) is 13.0 Å². The van der Waals surface area contributed by atoms with Crippen LogP contribution in [0.1, 0.15) is 11.1 Å². The minimum Gasteiger partial charge on any atom is -0.495 e. The summed E-state index contributed by atoms with van der Waals surface area (Å²) in [7, 11) is 1.72. The number of anilines is 2. The summed E-state index contributed by atoms with van der Waals surface area (Å²) in [5.41, 5.74) is 10.6. The van der Waals surface area contributed by atoms with E-state index in [1.165, 1.54) is 11.1 Å². The van der Waals surface area contributed by atoms with Crippen molar-refractivity contribution in [3.05, 3.63) is 53.6 Å². The molecule has 1 aliphatic rings. The molecule has 2 N–H and O–H groups in total. The minimum atomic E-state index is 0.834. The largest absolute Gasteiger partial charge is 0.495 e. The third-order valence-electron chi connectivity index (χ3n) is 3.67. The van der Waals surface area contributed by atoms with E-state index in [1.54, 1.807) is 7.11 Å². The lowest BCUT2D eigenvalue weighted by atomic mass is 9.98. The summed E-state index contributed by atoms with van der Waals surface area (Å²) in [4.78, 5) is 2.35. The van der Waals surface area contributed by atoms with Gasteiger partial charge in [-0.2, -0.15) is 0 Å². The molecule has 2 aromatic rings. The van der Waals surface area contributed by atoms with E-state index in [1.807, 2.05) is 24.3 Å². The number of rotatable bonds is 2. The number of nitrogen functional groups attached to an aromatic ring is 1. The lowest BCUT2D eigenvalue weighted by molar-refractivity contribution is 0.414. The maximum atomic E-state index is 5.88. The summed E-state index contributed by atoms with van der Waals surface area (Å²) in [5, 5.41) is 0. The number of methoxy groups -OCH3 is 1. The van der Waals surface area contributed by atoms with Gasteiger partial charge in [-0.1, -0.05) is 18.2 Å². The van der Waals surface area contributed by atoms with Gasteiger partial charge < -0.3 is 15.4 Å². The van der Waals surface area contributed by atoms with Crippen LogP contribution in [-0.4, -0.2) is 13.7 Å². The summed E-state index contributed by atoms with van der Waals surface area (Å²) < 4.78 is 5.44. The van der Waals surface area contributed by atoms with E-state index in [9.17, 15) is 0 Å². The second-order valence-electron chi connectivity index (χ2n) is 4.87. The highest BCUT2D eigenvalue weighted by Crippen LogP contribution is 2.32. The Labute approximate surface area is 113 Å². The van der Waals surface area contributed by atoms with E-state index in [0.29, 0.717) is 0 Å². The summed E-state index contributed by atoms with van der Waals surface area (Å²) in [5.74, 6) is 0.926. The zero-order chi connectivity index (χ0) is 13.2. The van der Waals surface area contributed by atoms with E-state index < -0.39 is 0 Å². The van der Waals surface area contributed by atoms with Crippen LogP contribution < -0.4 is 15.4 Å². The van der Waals surface area contributed by atoms with Gasteiger partial charge in [0.05, 0.1) is 12.8 Å². The molecule has 0 unspecified atom stereocenters. The molecular weight excluding hydrogens is 236 g/mol. The van der Waals surface area contributed by atoms with Crippen LogP contribution >= 0.6 is 0 Å². The average molecular weight is 254 g/mol. The van der Waals surface area contributed by atoms with Crippen molar-refractivity contribution in [3.63, 3.8) is 0 Å². The zero-order valence-corrected chi connectivity index (χ0v) is 11.1. The van der Waals surface area contributed by atoms with Gasteiger partial charge in [0.25, 0.3) is 0 Å². The van der Waals surface area contributed by atoms with Gasteiger partial charge >= 0.3 is 0 Å². The molecule has 3 nitrogen and oxygen atoms in total. The Balaban J connectivity index is 1.93. The molecular formula is C16H18N2O. The zero-order valence-electron chi connectivity index (χ0n) is 11.1. The van der Waals surface area contributed by atoms with Gasteiger partial charge in [0.15, 0.2) is 0 Å². The number of nitrogens with two attached hydrogens (primary N) is 1. The molecule has 0 atom stereocenters. The normalized spacial score (nSPS) is 14.1. The van der Waals surface area contributed by atoms with Gasteiger partial charge in [-0.25, -0.2) is 0 Å². The van der Waals surface area contributed by atoms with Gasteiger partial charge in [-0.05, 0) is 41.8 Å². The lowest BCUT2D eigenvalue weighted by Gasteiger charge is -2.31. The highest BCUT2D eigenvalue weighted by atomic mass is 16.5. The minimum absolute atomic E-state index is 0.834. The van der Waals surface area contributed by atoms with E-state index in [4.69, 9.17) is 10.5 Å². The number of hydrogen-bond acceptors (Lipinski definition) is 3. The van der Waals surface area contributed by atoms with Gasteiger partial charge in [0.2, 0.25) is 0 Å². The highest BCUT2D eigenvalue weighted by Gasteiger charge is 2.18. The number of benzene rings is 2. The number of ether oxygens (including phenoxy) is 1.